The zero-order valence-electron chi connectivity index (χ0n) is 11.3. The van der Waals surface area contributed by atoms with Crippen molar-refractivity contribution in [2.75, 3.05) is 24.8 Å². The number of nitrogen functional groups attached to an aromatic ring is 1. The molecule has 5 heteroatoms. The summed E-state index contributed by atoms with van der Waals surface area (Å²) in [6.07, 6.45) is 0. The number of rotatable bonds is 3. The first-order valence-electron chi connectivity index (χ1n) is 6.00. The molecule has 4 nitrogen and oxygen atoms in total. The van der Waals surface area contributed by atoms with Gasteiger partial charge in [0.1, 0.15) is 11.6 Å². The van der Waals surface area contributed by atoms with Crippen molar-refractivity contribution in [3.8, 4) is 5.75 Å². The van der Waals surface area contributed by atoms with Crippen LogP contribution in [0.4, 0.5) is 15.8 Å². The summed E-state index contributed by atoms with van der Waals surface area (Å²) in [6.45, 7) is 0. The van der Waals surface area contributed by atoms with Crippen LogP contribution in [0.1, 0.15) is 10.4 Å². The smallest absolute Gasteiger partial charge is 0.258 e. The second kappa shape index (κ2) is 5.61. The number of anilines is 2. The maximum Gasteiger partial charge on any atom is 0.258 e. The van der Waals surface area contributed by atoms with E-state index in [1.807, 2.05) is 0 Å². The molecule has 104 valence electrons. The van der Waals surface area contributed by atoms with Gasteiger partial charge in [0.15, 0.2) is 0 Å². The molecule has 2 N–H and O–H groups in total. The maximum absolute atomic E-state index is 12.9. The Morgan fingerprint density at radius 3 is 2.40 bits per heavy atom. The lowest BCUT2D eigenvalue weighted by atomic mass is 10.1. The molecular formula is C15H15FN2O2. The molecule has 0 aliphatic carbocycles. The number of hydrogen-bond acceptors (Lipinski definition) is 3. The molecule has 0 saturated heterocycles. The summed E-state index contributed by atoms with van der Waals surface area (Å²) < 4.78 is 17.9. The van der Waals surface area contributed by atoms with E-state index in [9.17, 15) is 9.18 Å². The van der Waals surface area contributed by atoms with Crippen LogP contribution in [0, 0.1) is 5.82 Å². The highest BCUT2D eigenvalue weighted by atomic mass is 19.1. The minimum Gasteiger partial charge on any atom is -0.495 e. The largest absolute Gasteiger partial charge is 0.495 e. The van der Waals surface area contributed by atoms with Crippen LogP contribution in [0.15, 0.2) is 42.5 Å². The zero-order valence-corrected chi connectivity index (χ0v) is 11.3. The normalized spacial score (nSPS) is 10.2. The van der Waals surface area contributed by atoms with E-state index >= 15 is 0 Å². The molecule has 0 radical (unpaired) electrons. The number of hydrogen-bond donors (Lipinski definition) is 1. The SMILES string of the molecule is COc1ccc(C(=O)N(C)c2ccc(F)cc2)cc1N. The standard InChI is InChI=1S/C15H15FN2O2/c1-18(12-6-4-11(16)5-7-12)15(19)10-3-8-14(20-2)13(17)9-10/h3-9H,17H2,1-2H3. The molecule has 0 unspecified atom stereocenters. The highest BCUT2D eigenvalue weighted by Gasteiger charge is 2.14. The molecule has 0 aliphatic heterocycles. The van der Waals surface area contributed by atoms with Gasteiger partial charge in [-0.1, -0.05) is 0 Å². The molecule has 0 atom stereocenters. The molecule has 2 aromatic carbocycles. The zero-order chi connectivity index (χ0) is 14.7. The summed E-state index contributed by atoms with van der Waals surface area (Å²) in [5.41, 5.74) is 7.22. The molecule has 0 aliphatic rings. The summed E-state index contributed by atoms with van der Waals surface area (Å²) >= 11 is 0. The molecule has 0 bridgehead atoms. The molecule has 0 saturated carbocycles. The molecule has 20 heavy (non-hydrogen) atoms. The lowest BCUT2D eigenvalue weighted by Crippen LogP contribution is -2.26. The summed E-state index contributed by atoms with van der Waals surface area (Å²) in [4.78, 5) is 13.7. The van der Waals surface area contributed by atoms with Gasteiger partial charge >= 0.3 is 0 Å². The van der Waals surface area contributed by atoms with Crippen LogP contribution in [0.2, 0.25) is 0 Å². The van der Waals surface area contributed by atoms with Gasteiger partial charge in [-0.2, -0.15) is 0 Å². The van der Waals surface area contributed by atoms with Crippen LogP contribution in [-0.2, 0) is 0 Å². The van der Waals surface area contributed by atoms with E-state index in [-0.39, 0.29) is 11.7 Å². The summed E-state index contributed by atoms with van der Waals surface area (Å²) in [7, 11) is 3.13. The fourth-order valence-electron chi connectivity index (χ4n) is 1.84. The van der Waals surface area contributed by atoms with Gasteiger partial charge in [-0.3, -0.25) is 4.79 Å². The lowest BCUT2D eigenvalue weighted by Gasteiger charge is -2.18. The van der Waals surface area contributed by atoms with Gasteiger partial charge in [-0.25, -0.2) is 4.39 Å². The molecule has 1 amide bonds. The first-order valence-corrected chi connectivity index (χ1v) is 6.00. The van der Waals surface area contributed by atoms with E-state index in [0.717, 1.165) is 0 Å². The van der Waals surface area contributed by atoms with Crippen molar-refractivity contribution in [3.63, 3.8) is 0 Å². The van der Waals surface area contributed by atoms with Crippen LogP contribution in [0.25, 0.3) is 0 Å². The third-order valence-electron chi connectivity index (χ3n) is 3.00. The number of methoxy groups -OCH3 is 1. The monoisotopic (exact) mass is 274 g/mol. The Hall–Kier alpha value is -2.56. The predicted octanol–water partition coefficient (Wildman–Crippen LogP) is 2.69. The molecule has 0 fully saturated rings. The van der Waals surface area contributed by atoms with Crippen molar-refractivity contribution in [1.82, 2.24) is 0 Å². The van der Waals surface area contributed by atoms with E-state index in [1.165, 1.54) is 24.1 Å². The quantitative estimate of drug-likeness (QED) is 0.875. The Bertz CT molecular complexity index is 626. The molecule has 0 heterocycles. The Labute approximate surface area is 116 Å². The van der Waals surface area contributed by atoms with E-state index in [4.69, 9.17) is 10.5 Å². The van der Waals surface area contributed by atoms with Crippen molar-refractivity contribution in [3.05, 3.63) is 53.8 Å². The molecule has 2 rings (SSSR count). The first-order chi connectivity index (χ1) is 9.52. The van der Waals surface area contributed by atoms with Crippen molar-refractivity contribution < 1.29 is 13.9 Å². The Morgan fingerprint density at radius 2 is 1.85 bits per heavy atom. The molecule has 0 aromatic heterocycles. The van der Waals surface area contributed by atoms with E-state index in [2.05, 4.69) is 0 Å². The number of amides is 1. The summed E-state index contributed by atoms with van der Waals surface area (Å²) in [5.74, 6) is -0.0553. The number of ether oxygens (including phenoxy) is 1. The third-order valence-corrected chi connectivity index (χ3v) is 3.00. The van der Waals surface area contributed by atoms with E-state index in [1.54, 1.807) is 37.4 Å². The number of carbonyl (C=O) groups excluding carboxylic acids is 1. The van der Waals surface area contributed by atoms with Gasteiger partial charge in [-0.05, 0) is 42.5 Å². The van der Waals surface area contributed by atoms with Crippen LogP contribution in [-0.4, -0.2) is 20.1 Å². The van der Waals surface area contributed by atoms with Crippen LogP contribution >= 0.6 is 0 Å². The van der Waals surface area contributed by atoms with Gasteiger partial charge in [0.05, 0.1) is 12.8 Å². The van der Waals surface area contributed by atoms with Crippen molar-refractivity contribution in [2.45, 2.75) is 0 Å². The lowest BCUT2D eigenvalue weighted by molar-refractivity contribution is 0.0993. The number of halogens is 1. The Balaban J connectivity index is 2.26. The molecule has 0 spiro atoms. The van der Waals surface area contributed by atoms with E-state index < -0.39 is 0 Å². The Kier molecular flexibility index (Phi) is 3.89. The van der Waals surface area contributed by atoms with Crippen LogP contribution < -0.4 is 15.4 Å². The van der Waals surface area contributed by atoms with Crippen molar-refractivity contribution in [1.29, 1.82) is 0 Å². The van der Waals surface area contributed by atoms with Gasteiger partial charge in [0, 0.05) is 18.3 Å². The summed E-state index contributed by atoms with van der Waals surface area (Å²) in [6, 6.07) is 10.5. The fraction of sp³-hybridized carbons (Fsp3) is 0.133. The number of benzene rings is 2. The highest BCUT2D eigenvalue weighted by molar-refractivity contribution is 6.06. The average Bonchev–Trinajstić information content (AvgIpc) is 2.46. The fourth-order valence-corrected chi connectivity index (χ4v) is 1.84. The van der Waals surface area contributed by atoms with Gasteiger partial charge in [0.25, 0.3) is 5.91 Å². The van der Waals surface area contributed by atoms with Crippen LogP contribution in [0.5, 0.6) is 5.75 Å². The molecular weight excluding hydrogens is 259 g/mol. The predicted molar refractivity (Wildman–Crippen MR) is 76.5 cm³/mol. The minimum absolute atomic E-state index is 0.231. The average molecular weight is 274 g/mol. The Morgan fingerprint density at radius 1 is 1.20 bits per heavy atom. The van der Waals surface area contributed by atoms with Gasteiger partial charge < -0.3 is 15.4 Å². The van der Waals surface area contributed by atoms with Gasteiger partial charge in [0.2, 0.25) is 0 Å². The second-order valence-electron chi connectivity index (χ2n) is 4.30. The van der Waals surface area contributed by atoms with Crippen molar-refractivity contribution in [2.24, 2.45) is 0 Å². The third kappa shape index (κ3) is 2.71. The molecule has 2 aromatic rings. The maximum atomic E-state index is 12.9. The number of nitrogens with two attached hydrogens (primary N) is 1. The highest BCUT2D eigenvalue weighted by Crippen LogP contribution is 2.23. The second-order valence-corrected chi connectivity index (χ2v) is 4.30. The van der Waals surface area contributed by atoms with Crippen molar-refractivity contribution >= 4 is 17.3 Å². The summed E-state index contributed by atoms with van der Waals surface area (Å²) in [5, 5.41) is 0. The van der Waals surface area contributed by atoms with Gasteiger partial charge in [-0.15, -0.1) is 0 Å². The first kappa shape index (κ1) is 13.9. The van der Waals surface area contributed by atoms with Crippen LogP contribution in [0.3, 0.4) is 0 Å². The number of carbonyl (C=O) groups is 1. The minimum atomic E-state index is -0.344. The topological polar surface area (TPSA) is 55.6 Å². The number of nitrogens with zero attached hydrogens (tertiary/aromatic N) is 1. The van der Waals surface area contributed by atoms with E-state index in [0.29, 0.717) is 22.7 Å².